The highest BCUT2D eigenvalue weighted by atomic mass is 16.5. The first-order valence-electron chi connectivity index (χ1n) is 11.2. The standard InChI is InChI=1S/C25H33NO4/c1-25(2,3)24(28)23-20(19-13-18(29-4)9-10-21(19)30-23)14-22(27)26-12-11-16-7-5-6-8-17(16)15-26/h9-10,13,16-17H,5-8,11-12,14-15H2,1-4H3/t16-,17+/m0/s1. The van der Waals surface area contributed by atoms with Gasteiger partial charge in [-0.05, 0) is 42.9 Å². The molecule has 162 valence electrons. The van der Waals surface area contributed by atoms with E-state index in [1.54, 1.807) is 7.11 Å². The summed E-state index contributed by atoms with van der Waals surface area (Å²) < 4.78 is 11.4. The first kappa shape index (κ1) is 21.0. The van der Waals surface area contributed by atoms with Crippen LogP contribution in [0.25, 0.3) is 11.0 Å². The van der Waals surface area contributed by atoms with Crippen LogP contribution in [0.4, 0.5) is 0 Å². The maximum atomic E-state index is 13.3. The van der Waals surface area contributed by atoms with Crippen molar-refractivity contribution in [2.24, 2.45) is 17.3 Å². The molecule has 2 atom stereocenters. The molecule has 1 aromatic carbocycles. The van der Waals surface area contributed by atoms with Crippen molar-refractivity contribution >= 4 is 22.7 Å². The van der Waals surface area contributed by atoms with Crippen molar-refractivity contribution < 1.29 is 18.7 Å². The first-order valence-corrected chi connectivity index (χ1v) is 11.2. The second-order valence-electron chi connectivity index (χ2n) is 9.96. The summed E-state index contributed by atoms with van der Waals surface area (Å²) in [7, 11) is 1.61. The van der Waals surface area contributed by atoms with Crippen molar-refractivity contribution in [3.63, 3.8) is 0 Å². The smallest absolute Gasteiger partial charge is 0.227 e. The molecule has 0 N–H and O–H groups in total. The Morgan fingerprint density at radius 3 is 2.57 bits per heavy atom. The zero-order valence-corrected chi connectivity index (χ0v) is 18.6. The fraction of sp³-hybridized carbons (Fsp3) is 0.600. The molecule has 2 aromatic rings. The van der Waals surface area contributed by atoms with Crippen LogP contribution in [0.2, 0.25) is 0 Å². The van der Waals surface area contributed by atoms with E-state index in [0.29, 0.717) is 28.6 Å². The normalized spacial score (nSPS) is 22.1. The largest absolute Gasteiger partial charge is 0.497 e. The van der Waals surface area contributed by atoms with Crippen LogP contribution in [0, 0.1) is 17.3 Å². The quantitative estimate of drug-likeness (QED) is 0.645. The highest BCUT2D eigenvalue weighted by Gasteiger charge is 2.35. The van der Waals surface area contributed by atoms with Crippen LogP contribution >= 0.6 is 0 Å². The van der Waals surface area contributed by atoms with E-state index in [1.807, 2.05) is 43.9 Å². The molecular formula is C25H33NO4. The van der Waals surface area contributed by atoms with Gasteiger partial charge >= 0.3 is 0 Å². The number of hydrogen-bond acceptors (Lipinski definition) is 4. The number of hydrogen-bond donors (Lipinski definition) is 0. The number of ketones is 1. The molecule has 4 rings (SSSR count). The molecule has 1 saturated carbocycles. The van der Waals surface area contributed by atoms with E-state index in [1.165, 1.54) is 25.7 Å². The van der Waals surface area contributed by atoms with E-state index in [2.05, 4.69) is 0 Å². The lowest BCUT2D eigenvalue weighted by atomic mass is 9.75. The van der Waals surface area contributed by atoms with Gasteiger partial charge in [0.1, 0.15) is 11.3 Å². The molecule has 2 aliphatic rings. The lowest BCUT2D eigenvalue weighted by Gasteiger charge is -2.41. The number of carbonyl (C=O) groups excluding carboxylic acids is 2. The number of piperidine rings is 1. The Hall–Kier alpha value is -2.30. The molecular weight excluding hydrogens is 378 g/mol. The Labute approximate surface area is 178 Å². The molecule has 5 heteroatoms. The number of methoxy groups -OCH3 is 1. The number of ether oxygens (including phenoxy) is 1. The van der Waals surface area contributed by atoms with Crippen molar-refractivity contribution in [3.8, 4) is 5.75 Å². The van der Waals surface area contributed by atoms with Gasteiger partial charge in [0.2, 0.25) is 11.7 Å². The number of nitrogens with zero attached hydrogens (tertiary/aromatic N) is 1. The van der Waals surface area contributed by atoms with Gasteiger partial charge in [-0.1, -0.05) is 40.0 Å². The molecule has 0 radical (unpaired) electrons. The van der Waals surface area contributed by atoms with Crippen molar-refractivity contribution in [2.75, 3.05) is 20.2 Å². The van der Waals surface area contributed by atoms with Crippen LogP contribution in [0.1, 0.15) is 69.0 Å². The Balaban J connectivity index is 1.64. The Morgan fingerprint density at radius 1 is 1.13 bits per heavy atom. The SMILES string of the molecule is COc1ccc2oc(C(=O)C(C)(C)C)c(CC(=O)N3CC[C@@H]4CCCC[C@@H]4C3)c2c1. The van der Waals surface area contributed by atoms with Gasteiger partial charge in [-0.15, -0.1) is 0 Å². The Kier molecular flexibility index (Phi) is 5.65. The number of rotatable bonds is 4. The van der Waals surface area contributed by atoms with Crippen molar-refractivity contribution in [2.45, 2.75) is 59.3 Å². The predicted molar refractivity (Wildman–Crippen MR) is 117 cm³/mol. The lowest BCUT2D eigenvalue weighted by molar-refractivity contribution is -0.133. The summed E-state index contributed by atoms with van der Waals surface area (Å²) in [6, 6.07) is 5.50. The molecule has 1 saturated heterocycles. The van der Waals surface area contributed by atoms with Crippen LogP contribution in [0.15, 0.2) is 22.6 Å². The van der Waals surface area contributed by atoms with E-state index in [-0.39, 0.29) is 18.1 Å². The molecule has 1 aliphatic carbocycles. The minimum Gasteiger partial charge on any atom is -0.497 e. The Morgan fingerprint density at radius 2 is 1.87 bits per heavy atom. The minimum atomic E-state index is -0.587. The lowest BCUT2D eigenvalue weighted by Crippen LogP contribution is -2.45. The Bertz CT molecular complexity index is 952. The van der Waals surface area contributed by atoms with Gasteiger partial charge in [-0.25, -0.2) is 0 Å². The highest BCUT2D eigenvalue weighted by molar-refractivity contribution is 6.04. The van der Waals surface area contributed by atoms with Crippen molar-refractivity contribution in [3.05, 3.63) is 29.5 Å². The second kappa shape index (κ2) is 8.09. The fourth-order valence-corrected chi connectivity index (χ4v) is 5.04. The molecule has 1 aromatic heterocycles. The van der Waals surface area contributed by atoms with E-state index in [0.717, 1.165) is 30.8 Å². The summed E-state index contributed by atoms with van der Waals surface area (Å²) in [5.41, 5.74) is 0.729. The average molecular weight is 412 g/mol. The fourth-order valence-electron chi connectivity index (χ4n) is 5.04. The van der Waals surface area contributed by atoms with E-state index < -0.39 is 5.41 Å². The van der Waals surface area contributed by atoms with Gasteiger partial charge in [0.25, 0.3) is 0 Å². The summed E-state index contributed by atoms with van der Waals surface area (Å²) in [4.78, 5) is 28.4. The maximum absolute atomic E-state index is 13.3. The molecule has 1 amide bonds. The maximum Gasteiger partial charge on any atom is 0.227 e. The zero-order chi connectivity index (χ0) is 21.5. The monoisotopic (exact) mass is 411 g/mol. The first-order chi connectivity index (χ1) is 14.3. The van der Waals surface area contributed by atoms with E-state index in [9.17, 15) is 9.59 Å². The molecule has 2 fully saturated rings. The number of furan rings is 1. The second-order valence-corrected chi connectivity index (χ2v) is 9.96. The molecule has 0 spiro atoms. The minimum absolute atomic E-state index is 0.0774. The van der Waals surface area contributed by atoms with Crippen LogP contribution in [0.5, 0.6) is 5.75 Å². The topological polar surface area (TPSA) is 59.8 Å². The van der Waals surface area contributed by atoms with Crippen molar-refractivity contribution in [1.82, 2.24) is 4.90 Å². The van der Waals surface area contributed by atoms with Gasteiger partial charge in [-0.2, -0.15) is 0 Å². The van der Waals surface area contributed by atoms with E-state index in [4.69, 9.17) is 9.15 Å². The molecule has 5 nitrogen and oxygen atoms in total. The molecule has 0 bridgehead atoms. The number of benzene rings is 1. The summed E-state index contributed by atoms with van der Waals surface area (Å²) in [6.45, 7) is 7.31. The van der Waals surface area contributed by atoms with Crippen LogP contribution in [-0.4, -0.2) is 36.8 Å². The average Bonchev–Trinajstić information content (AvgIpc) is 3.09. The highest BCUT2D eigenvalue weighted by Crippen LogP contribution is 2.37. The third kappa shape index (κ3) is 3.99. The zero-order valence-electron chi connectivity index (χ0n) is 18.6. The summed E-state index contributed by atoms with van der Waals surface area (Å²) in [5, 5.41) is 0.794. The van der Waals surface area contributed by atoms with E-state index >= 15 is 0 Å². The number of amides is 1. The molecule has 1 aliphatic heterocycles. The third-order valence-corrected chi connectivity index (χ3v) is 6.86. The van der Waals surface area contributed by atoms with Crippen LogP contribution < -0.4 is 4.74 Å². The summed E-state index contributed by atoms with van der Waals surface area (Å²) in [5.74, 6) is 2.42. The van der Waals surface area contributed by atoms with Gasteiger partial charge in [-0.3, -0.25) is 9.59 Å². The van der Waals surface area contributed by atoms with Gasteiger partial charge < -0.3 is 14.1 Å². The van der Waals surface area contributed by atoms with Crippen molar-refractivity contribution in [1.29, 1.82) is 0 Å². The van der Waals surface area contributed by atoms with Gasteiger partial charge in [0.15, 0.2) is 5.76 Å². The van der Waals surface area contributed by atoms with Gasteiger partial charge in [0, 0.05) is 29.5 Å². The number of fused-ring (bicyclic) bond motifs is 2. The predicted octanol–water partition coefficient (Wildman–Crippen LogP) is 5.25. The number of Topliss-reactive ketones (excluding diaryl/α,β-unsaturated/α-hetero) is 1. The summed E-state index contributed by atoms with van der Waals surface area (Å²) in [6.07, 6.45) is 6.44. The molecule has 2 heterocycles. The summed E-state index contributed by atoms with van der Waals surface area (Å²) >= 11 is 0. The third-order valence-electron chi connectivity index (χ3n) is 6.86. The molecule has 30 heavy (non-hydrogen) atoms. The number of likely N-dealkylation sites (tertiary alicyclic amines) is 1. The van der Waals surface area contributed by atoms with Crippen LogP contribution in [-0.2, 0) is 11.2 Å². The van der Waals surface area contributed by atoms with Crippen LogP contribution in [0.3, 0.4) is 0 Å². The number of carbonyl (C=O) groups is 2. The molecule has 0 unspecified atom stereocenters. The van der Waals surface area contributed by atoms with Gasteiger partial charge in [0.05, 0.1) is 13.5 Å².